The molecule has 1 aromatic rings. The van der Waals surface area contributed by atoms with Crippen molar-refractivity contribution in [1.82, 2.24) is 10.6 Å². The molecule has 0 saturated heterocycles. The van der Waals surface area contributed by atoms with Crippen LogP contribution < -0.4 is 10.6 Å². The minimum absolute atomic E-state index is 0.0282. The Kier molecular flexibility index (Phi) is 9.54. The van der Waals surface area contributed by atoms with E-state index in [1.165, 1.54) is 0 Å². The van der Waals surface area contributed by atoms with Gasteiger partial charge in [0.2, 0.25) is 11.8 Å². The minimum Gasteiger partial charge on any atom is -0.463 e. The number of amides is 2. The number of hydrogen-bond donors (Lipinski definition) is 3. The Morgan fingerprint density at radius 2 is 1.87 bits per heavy atom. The molecule has 0 aromatic heterocycles. The third kappa shape index (κ3) is 7.99. The lowest BCUT2D eigenvalue weighted by atomic mass is 9.94. The number of benzene rings is 1. The molecule has 0 fully saturated rings. The SMILES string of the molecule is CC(CO)NC(=O)CC1CC=CCC(Cc2ccccc2)C(=O)OCC(C)NC1=O. The van der Waals surface area contributed by atoms with Crippen LogP contribution in [0, 0.1) is 11.8 Å². The van der Waals surface area contributed by atoms with Gasteiger partial charge in [-0.3, -0.25) is 14.4 Å². The Balaban J connectivity index is 2.08. The first kappa shape index (κ1) is 23.6. The molecule has 0 spiro atoms. The number of aliphatic hydroxyl groups is 1. The molecule has 4 unspecified atom stereocenters. The first-order chi connectivity index (χ1) is 14.4. The lowest BCUT2D eigenvalue weighted by Crippen LogP contribution is -2.43. The van der Waals surface area contributed by atoms with Crippen LogP contribution in [-0.4, -0.2) is 48.2 Å². The van der Waals surface area contributed by atoms with Crippen molar-refractivity contribution in [3.05, 3.63) is 48.0 Å². The fraction of sp³-hybridized carbons (Fsp3) is 0.522. The van der Waals surface area contributed by atoms with E-state index >= 15 is 0 Å². The monoisotopic (exact) mass is 416 g/mol. The first-order valence-electron chi connectivity index (χ1n) is 10.4. The van der Waals surface area contributed by atoms with Crippen molar-refractivity contribution in [3.8, 4) is 0 Å². The molecular formula is C23H32N2O5. The fourth-order valence-electron chi connectivity index (χ4n) is 3.30. The van der Waals surface area contributed by atoms with Gasteiger partial charge in [-0.25, -0.2) is 0 Å². The van der Waals surface area contributed by atoms with Crippen LogP contribution >= 0.6 is 0 Å². The number of ether oxygens (including phenoxy) is 1. The second-order valence-corrected chi connectivity index (χ2v) is 7.92. The van der Waals surface area contributed by atoms with E-state index in [2.05, 4.69) is 10.6 Å². The topological polar surface area (TPSA) is 105 Å². The number of nitrogens with one attached hydrogen (secondary N) is 2. The number of carbonyl (C=O) groups is 3. The van der Waals surface area contributed by atoms with Crippen LogP contribution in [0.25, 0.3) is 0 Å². The van der Waals surface area contributed by atoms with Crippen molar-refractivity contribution in [2.75, 3.05) is 13.2 Å². The quantitative estimate of drug-likeness (QED) is 0.484. The highest BCUT2D eigenvalue weighted by Crippen LogP contribution is 2.18. The number of carbonyl (C=O) groups excluding carboxylic acids is 3. The van der Waals surface area contributed by atoms with Gasteiger partial charge in [-0.1, -0.05) is 42.5 Å². The zero-order valence-electron chi connectivity index (χ0n) is 17.7. The van der Waals surface area contributed by atoms with E-state index in [9.17, 15) is 14.4 Å². The molecule has 0 bridgehead atoms. The molecule has 0 radical (unpaired) electrons. The molecule has 164 valence electrons. The summed E-state index contributed by atoms with van der Waals surface area (Å²) >= 11 is 0. The van der Waals surface area contributed by atoms with Gasteiger partial charge in [-0.2, -0.15) is 0 Å². The smallest absolute Gasteiger partial charge is 0.309 e. The van der Waals surface area contributed by atoms with Crippen LogP contribution in [0.2, 0.25) is 0 Å². The summed E-state index contributed by atoms with van der Waals surface area (Å²) in [4.78, 5) is 37.3. The highest BCUT2D eigenvalue weighted by molar-refractivity contribution is 5.86. The molecule has 1 aromatic carbocycles. The molecule has 1 aliphatic heterocycles. The van der Waals surface area contributed by atoms with E-state index in [1.807, 2.05) is 42.5 Å². The predicted octanol–water partition coefficient (Wildman–Crippen LogP) is 1.75. The average Bonchev–Trinajstić information content (AvgIpc) is 2.73. The van der Waals surface area contributed by atoms with Crippen LogP contribution in [0.1, 0.15) is 38.7 Å². The second kappa shape index (κ2) is 12.1. The van der Waals surface area contributed by atoms with E-state index in [-0.39, 0.29) is 55.4 Å². The van der Waals surface area contributed by atoms with Crippen LogP contribution in [0.4, 0.5) is 0 Å². The molecule has 1 aliphatic rings. The Morgan fingerprint density at radius 3 is 2.53 bits per heavy atom. The number of cyclic esters (lactones) is 1. The molecule has 0 aliphatic carbocycles. The Hall–Kier alpha value is -2.67. The molecule has 3 N–H and O–H groups in total. The summed E-state index contributed by atoms with van der Waals surface area (Å²) in [6.45, 7) is 3.39. The van der Waals surface area contributed by atoms with Crippen LogP contribution in [0.15, 0.2) is 42.5 Å². The molecule has 7 nitrogen and oxygen atoms in total. The molecule has 4 atom stereocenters. The normalized spacial score (nSPS) is 24.0. The summed E-state index contributed by atoms with van der Waals surface area (Å²) in [7, 11) is 0. The third-order valence-corrected chi connectivity index (χ3v) is 5.01. The Bertz CT molecular complexity index is 734. The van der Waals surface area contributed by atoms with Gasteiger partial charge in [-0.05, 0) is 38.7 Å². The average molecular weight is 417 g/mol. The van der Waals surface area contributed by atoms with Gasteiger partial charge in [-0.15, -0.1) is 0 Å². The zero-order valence-corrected chi connectivity index (χ0v) is 17.7. The molecule has 2 rings (SSSR count). The van der Waals surface area contributed by atoms with E-state index in [0.29, 0.717) is 19.3 Å². The van der Waals surface area contributed by atoms with Gasteiger partial charge >= 0.3 is 5.97 Å². The number of hydrogen-bond acceptors (Lipinski definition) is 5. The van der Waals surface area contributed by atoms with E-state index < -0.39 is 5.92 Å². The van der Waals surface area contributed by atoms with Gasteiger partial charge in [0.15, 0.2) is 0 Å². The summed E-state index contributed by atoms with van der Waals surface area (Å²) in [6.07, 6.45) is 5.24. The van der Waals surface area contributed by atoms with Gasteiger partial charge < -0.3 is 20.5 Å². The lowest BCUT2D eigenvalue weighted by Gasteiger charge is -2.22. The van der Waals surface area contributed by atoms with Crippen LogP contribution in [0.5, 0.6) is 0 Å². The molecular weight excluding hydrogens is 384 g/mol. The van der Waals surface area contributed by atoms with Gasteiger partial charge in [0.25, 0.3) is 0 Å². The van der Waals surface area contributed by atoms with Crippen molar-refractivity contribution in [3.63, 3.8) is 0 Å². The van der Waals surface area contributed by atoms with Gasteiger partial charge in [0.1, 0.15) is 6.61 Å². The molecule has 0 saturated carbocycles. The summed E-state index contributed by atoms with van der Waals surface area (Å²) in [5.74, 6) is -1.65. The van der Waals surface area contributed by atoms with Crippen molar-refractivity contribution in [2.24, 2.45) is 11.8 Å². The van der Waals surface area contributed by atoms with E-state index in [0.717, 1.165) is 5.56 Å². The maximum atomic E-state index is 12.6. The number of aliphatic hydroxyl groups excluding tert-OH is 1. The first-order valence-corrected chi connectivity index (χ1v) is 10.4. The van der Waals surface area contributed by atoms with Crippen molar-refractivity contribution < 1.29 is 24.2 Å². The summed E-state index contributed by atoms with van der Waals surface area (Å²) < 4.78 is 5.45. The van der Waals surface area contributed by atoms with Crippen molar-refractivity contribution in [2.45, 2.75) is 51.6 Å². The summed E-state index contributed by atoms with van der Waals surface area (Å²) in [6, 6.07) is 9.07. The van der Waals surface area contributed by atoms with Crippen molar-refractivity contribution in [1.29, 1.82) is 0 Å². The highest BCUT2D eigenvalue weighted by atomic mass is 16.5. The number of esters is 1. The lowest BCUT2D eigenvalue weighted by molar-refractivity contribution is -0.149. The molecule has 7 heteroatoms. The number of rotatable bonds is 6. The zero-order chi connectivity index (χ0) is 21.9. The van der Waals surface area contributed by atoms with Crippen LogP contribution in [-0.2, 0) is 25.5 Å². The Labute approximate surface area is 177 Å². The maximum Gasteiger partial charge on any atom is 0.309 e. The largest absolute Gasteiger partial charge is 0.463 e. The Morgan fingerprint density at radius 1 is 1.20 bits per heavy atom. The maximum absolute atomic E-state index is 12.6. The second-order valence-electron chi connectivity index (χ2n) is 7.92. The minimum atomic E-state index is -0.530. The highest BCUT2D eigenvalue weighted by Gasteiger charge is 2.25. The summed E-state index contributed by atoms with van der Waals surface area (Å²) in [5.41, 5.74) is 1.06. The molecule has 30 heavy (non-hydrogen) atoms. The molecule has 2 amide bonds. The van der Waals surface area contributed by atoms with Crippen molar-refractivity contribution >= 4 is 17.8 Å². The van der Waals surface area contributed by atoms with E-state index in [1.54, 1.807) is 13.8 Å². The van der Waals surface area contributed by atoms with Gasteiger partial charge in [0.05, 0.1) is 24.5 Å². The third-order valence-electron chi connectivity index (χ3n) is 5.01. The van der Waals surface area contributed by atoms with Gasteiger partial charge in [0, 0.05) is 12.5 Å². The van der Waals surface area contributed by atoms with Crippen LogP contribution in [0.3, 0.4) is 0 Å². The summed E-state index contributed by atoms with van der Waals surface area (Å²) in [5, 5.41) is 14.6. The fourth-order valence-corrected chi connectivity index (χ4v) is 3.30. The standard InChI is InChI=1S/C23H32N2O5/c1-16(14-26)24-21(27)13-19-10-6-7-11-20(12-18-8-4-3-5-9-18)23(29)30-15-17(2)25-22(19)28/h3-9,16-17,19-20,26H,10-15H2,1-2H3,(H,24,27)(H,25,28). The predicted molar refractivity (Wildman–Crippen MR) is 113 cm³/mol. The number of allylic oxidation sites excluding steroid dienone is 2. The van der Waals surface area contributed by atoms with E-state index in [4.69, 9.17) is 9.84 Å². The molecule has 1 heterocycles.